The molecule has 0 aromatic heterocycles. The van der Waals surface area contributed by atoms with E-state index < -0.39 is 5.92 Å². The molecule has 0 spiro atoms. The van der Waals surface area contributed by atoms with Gasteiger partial charge in [0, 0.05) is 0 Å². The largest absolute Gasteiger partial charge is 0.497 e. The van der Waals surface area contributed by atoms with Crippen LogP contribution in [0.15, 0.2) is 54.6 Å². The number of guanidine groups is 1. The maximum absolute atomic E-state index is 12.3. The van der Waals surface area contributed by atoms with Gasteiger partial charge in [0.25, 0.3) is 0 Å². The number of amides is 1. The van der Waals surface area contributed by atoms with Gasteiger partial charge in [-0.05, 0) is 29.7 Å². The highest BCUT2D eigenvalue weighted by molar-refractivity contribution is 5.98. The van der Waals surface area contributed by atoms with Crippen molar-refractivity contribution in [2.24, 2.45) is 5.73 Å². The lowest BCUT2D eigenvalue weighted by Gasteiger charge is -2.17. The van der Waals surface area contributed by atoms with Crippen molar-refractivity contribution in [2.45, 2.75) is 12.3 Å². The molecule has 122 valence electrons. The Balaban J connectivity index is 0.00000264. The monoisotopic (exact) mass is 333 g/mol. The van der Waals surface area contributed by atoms with Crippen molar-refractivity contribution < 1.29 is 9.53 Å². The maximum Gasteiger partial charge on any atom is 0.234 e. The van der Waals surface area contributed by atoms with Gasteiger partial charge in [0.2, 0.25) is 5.91 Å². The van der Waals surface area contributed by atoms with Gasteiger partial charge in [0.05, 0.1) is 13.0 Å². The predicted molar refractivity (Wildman–Crippen MR) is 93.2 cm³/mol. The summed E-state index contributed by atoms with van der Waals surface area (Å²) < 4.78 is 5.13. The molecule has 0 unspecified atom stereocenters. The molecule has 4 N–H and O–H groups in total. The van der Waals surface area contributed by atoms with Crippen molar-refractivity contribution >= 4 is 24.3 Å². The molecule has 0 saturated heterocycles. The standard InChI is InChI=1S/C17H19N3O2.ClH/c1-22-14-9-7-12(8-10-14)11-15(16(21)20-17(18)19)13-5-3-2-4-6-13;/h2-10,15H,11H2,1H3,(H4,18,19,20,21);1H/t15-;/m1./s1. The fourth-order valence-corrected chi connectivity index (χ4v) is 2.26. The van der Waals surface area contributed by atoms with Crippen molar-refractivity contribution in [2.75, 3.05) is 7.11 Å². The molecule has 23 heavy (non-hydrogen) atoms. The molecule has 0 heterocycles. The van der Waals surface area contributed by atoms with Crippen molar-refractivity contribution in [3.8, 4) is 5.75 Å². The Hall–Kier alpha value is -2.53. The van der Waals surface area contributed by atoms with Crippen LogP contribution in [0.3, 0.4) is 0 Å². The lowest BCUT2D eigenvalue weighted by molar-refractivity contribution is -0.121. The van der Waals surface area contributed by atoms with E-state index in [-0.39, 0.29) is 24.3 Å². The van der Waals surface area contributed by atoms with Gasteiger partial charge in [-0.2, -0.15) is 0 Å². The number of carbonyl (C=O) groups is 1. The predicted octanol–water partition coefficient (Wildman–Crippen LogP) is 2.45. The number of halogens is 1. The number of nitrogens with one attached hydrogen (secondary N) is 2. The lowest BCUT2D eigenvalue weighted by Crippen LogP contribution is -2.39. The fraction of sp³-hybridized carbons (Fsp3) is 0.176. The number of rotatable bonds is 5. The highest BCUT2D eigenvalue weighted by Gasteiger charge is 2.21. The number of ether oxygens (including phenoxy) is 1. The molecule has 2 rings (SSSR count). The Morgan fingerprint density at radius 1 is 1.17 bits per heavy atom. The van der Waals surface area contributed by atoms with Crippen LogP contribution in [0, 0.1) is 5.41 Å². The van der Waals surface area contributed by atoms with E-state index in [0.29, 0.717) is 6.42 Å². The molecule has 0 radical (unpaired) electrons. The fourth-order valence-electron chi connectivity index (χ4n) is 2.26. The second-order valence-corrected chi connectivity index (χ2v) is 4.92. The zero-order valence-electron chi connectivity index (χ0n) is 12.8. The van der Waals surface area contributed by atoms with E-state index in [0.717, 1.165) is 16.9 Å². The zero-order valence-corrected chi connectivity index (χ0v) is 13.6. The molecular formula is C17H20ClN3O2. The minimum absolute atomic E-state index is 0. The van der Waals surface area contributed by atoms with Crippen LogP contribution in [0.25, 0.3) is 0 Å². The molecule has 1 amide bonds. The molecule has 0 bridgehead atoms. The molecular weight excluding hydrogens is 314 g/mol. The first-order valence-corrected chi connectivity index (χ1v) is 6.93. The molecule has 1 atom stereocenters. The van der Waals surface area contributed by atoms with Crippen LogP contribution in [-0.2, 0) is 11.2 Å². The molecule has 0 aliphatic carbocycles. The van der Waals surface area contributed by atoms with E-state index in [9.17, 15) is 4.79 Å². The first kappa shape index (κ1) is 18.5. The topological polar surface area (TPSA) is 88.2 Å². The minimum atomic E-state index is -0.404. The van der Waals surface area contributed by atoms with Gasteiger partial charge in [-0.15, -0.1) is 12.4 Å². The summed E-state index contributed by atoms with van der Waals surface area (Å²) in [4.78, 5) is 12.3. The van der Waals surface area contributed by atoms with Crippen LogP contribution in [-0.4, -0.2) is 19.0 Å². The normalized spacial score (nSPS) is 11.0. The Morgan fingerprint density at radius 2 is 1.78 bits per heavy atom. The number of methoxy groups -OCH3 is 1. The number of benzene rings is 2. The SMILES string of the molecule is COc1ccc(C[C@@H](C(=O)NC(=N)N)c2ccccc2)cc1.Cl. The van der Waals surface area contributed by atoms with Crippen LogP contribution in [0.4, 0.5) is 0 Å². The third-order valence-corrected chi connectivity index (χ3v) is 3.38. The summed E-state index contributed by atoms with van der Waals surface area (Å²) in [5.41, 5.74) is 7.17. The van der Waals surface area contributed by atoms with Crippen LogP contribution in [0.5, 0.6) is 5.75 Å². The van der Waals surface area contributed by atoms with E-state index in [1.165, 1.54) is 0 Å². The summed E-state index contributed by atoms with van der Waals surface area (Å²) in [6.45, 7) is 0. The average molecular weight is 334 g/mol. The Morgan fingerprint density at radius 3 is 2.30 bits per heavy atom. The first-order chi connectivity index (χ1) is 10.6. The Labute approximate surface area is 141 Å². The van der Waals surface area contributed by atoms with Crippen molar-refractivity contribution in [3.63, 3.8) is 0 Å². The van der Waals surface area contributed by atoms with Gasteiger partial charge in [-0.25, -0.2) is 0 Å². The molecule has 0 aliphatic heterocycles. The quantitative estimate of drug-likeness (QED) is 0.580. The van der Waals surface area contributed by atoms with Gasteiger partial charge in [-0.1, -0.05) is 42.5 Å². The summed E-state index contributed by atoms with van der Waals surface area (Å²) in [5, 5.41) is 9.62. The third-order valence-electron chi connectivity index (χ3n) is 3.38. The third kappa shape index (κ3) is 5.30. The average Bonchev–Trinajstić information content (AvgIpc) is 2.53. The molecule has 5 nitrogen and oxygen atoms in total. The number of hydrogen-bond acceptors (Lipinski definition) is 3. The second-order valence-electron chi connectivity index (χ2n) is 4.92. The van der Waals surface area contributed by atoms with E-state index in [1.807, 2.05) is 54.6 Å². The summed E-state index contributed by atoms with van der Waals surface area (Å²) in [5.74, 6) is -0.262. The van der Waals surface area contributed by atoms with Gasteiger partial charge >= 0.3 is 0 Å². The molecule has 0 fully saturated rings. The van der Waals surface area contributed by atoms with Gasteiger partial charge in [0.1, 0.15) is 5.75 Å². The smallest absolute Gasteiger partial charge is 0.234 e. The Bertz CT molecular complexity index is 645. The van der Waals surface area contributed by atoms with Crippen molar-refractivity contribution in [1.82, 2.24) is 5.32 Å². The second kappa shape index (κ2) is 8.80. The van der Waals surface area contributed by atoms with Gasteiger partial charge in [0.15, 0.2) is 5.96 Å². The van der Waals surface area contributed by atoms with E-state index in [1.54, 1.807) is 7.11 Å². The molecule has 2 aromatic carbocycles. The van der Waals surface area contributed by atoms with Crippen molar-refractivity contribution in [3.05, 3.63) is 65.7 Å². The van der Waals surface area contributed by atoms with Gasteiger partial charge in [-0.3, -0.25) is 15.5 Å². The van der Waals surface area contributed by atoms with Crippen LogP contribution < -0.4 is 15.8 Å². The van der Waals surface area contributed by atoms with Gasteiger partial charge < -0.3 is 10.5 Å². The summed E-state index contributed by atoms with van der Waals surface area (Å²) in [6, 6.07) is 17.0. The molecule has 0 saturated carbocycles. The molecule has 0 aliphatic rings. The zero-order chi connectivity index (χ0) is 15.9. The maximum atomic E-state index is 12.3. The lowest BCUT2D eigenvalue weighted by atomic mass is 9.91. The molecule has 2 aromatic rings. The summed E-state index contributed by atoms with van der Waals surface area (Å²) >= 11 is 0. The Kier molecular flexibility index (Phi) is 7.09. The van der Waals surface area contributed by atoms with Crippen LogP contribution >= 0.6 is 12.4 Å². The number of hydrogen-bond donors (Lipinski definition) is 3. The van der Waals surface area contributed by atoms with Crippen LogP contribution in [0.2, 0.25) is 0 Å². The van der Waals surface area contributed by atoms with E-state index in [4.69, 9.17) is 15.9 Å². The molecule has 6 heteroatoms. The summed E-state index contributed by atoms with van der Waals surface area (Å²) in [6.07, 6.45) is 0.521. The summed E-state index contributed by atoms with van der Waals surface area (Å²) in [7, 11) is 1.61. The van der Waals surface area contributed by atoms with E-state index in [2.05, 4.69) is 5.32 Å². The van der Waals surface area contributed by atoms with E-state index >= 15 is 0 Å². The number of nitrogens with two attached hydrogens (primary N) is 1. The highest BCUT2D eigenvalue weighted by Crippen LogP contribution is 2.22. The first-order valence-electron chi connectivity index (χ1n) is 6.93. The number of carbonyl (C=O) groups excluding carboxylic acids is 1. The highest BCUT2D eigenvalue weighted by atomic mass is 35.5. The van der Waals surface area contributed by atoms with Crippen molar-refractivity contribution in [1.29, 1.82) is 5.41 Å². The van der Waals surface area contributed by atoms with Crippen LogP contribution in [0.1, 0.15) is 17.0 Å². The minimum Gasteiger partial charge on any atom is -0.497 e.